The number of nitrogens with zero attached hydrogens (tertiary/aromatic N) is 3. The van der Waals surface area contributed by atoms with Crippen LogP contribution in [0.1, 0.15) is 0 Å². The molecule has 0 bridgehead atoms. The summed E-state index contributed by atoms with van der Waals surface area (Å²) in [5, 5.41) is 10.1. The fourth-order valence-electron chi connectivity index (χ4n) is 1.02. The Balaban J connectivity index is 2.29. The van der Waals surface area contributed by atoms with Crippen molar-refractivity contribution in [3.05, 3.63) is 42.6 Å². The first-order chi connectivity index (χ1) is 7.68. The number of hydrogen-bond donors (Lipinski definition) is 0. The van der Waals surface area contributed by atoms with Crippen LogP contribution in [0.15, 0.2) is 47.5 Å². The van der Waals surface area contributed by atoms with Crippen LogP contribution in [0.2, 0.25) is 0 Å². The first-order valence-corrected chi connectivity index (χ1v) is 5.73. The Labute approximate surface area is 92.0 Å². The van der Waals surface area contributed by atoms with Crippen molar-refractivity contribution in [3.63, 3.8) is 0 Å². The van der Waals surface area contributed by atoms with E-state index in [1.54, 1.807) is 18.2 Å². The summed E-state index contributed by atoms with van der Waals surface area (Å²) in [5.41, 5.74) is 0. The van der Waals surface area contributed by atoms with E-state index in [2.05, 4.69) is 15.4 Å². The molecule has 82 valence electrons. The minimum Gasteiger partial charge on any atom is -0.356 e. The third kappa shape index (κ3) is 2.31. The van der Waals surface area contributed by atoms with E-state index >= 15 is 0 Å². The first kappa shape index (κ1) is 10.5. The molecule has 0 saturated carbocycles. The van der Waals surface area contributed by atoms with Crippen LogP contribution >= 0.6 is 0 Å². The van der Waals surface area contributed by atoms with Crippen LogP contribution in [0, 0.1) is 0 Å². The molecule has 16 heavy (non-hydrogen) atoms. The molecule has 1 aromatic carbocycles. The maximum absolute atomic E-state index is 11.7. The fraction of sp³-hybridized carbons (Fsp3) is 0. The lowest BCUT2D eigenvalue weighted by molar-refractivity contribution is 0.468. The standard InChI is InChI=1S/C9H7N3O3S/c13-16(14,8-4-2-1-3-5-8)15-9-6-7-10-12-11-9/h1-7H. The van der Waals surface area contributed by atoms with Gasteiger partial charge in [-0.1, -0.05) is 23.3 Å². The molecule has 6 nitrogen and oxygen atoms in total. The molecule has 0 radical (unpaired) electrons. The molecule has 0 aliphatic heterocycles. The second-order valence-electron chi connectivity index (χ2n) is 2.81. The molecule has 7 heteroatoms. The highest BCUT2D eigenvalue weighted by atomic mass is 32.2. The van der Waals surface area contributed by atoms with Crippen molar-refractivity contribution < 1.29 is 12.6 Å². The van der Waals surface area contributed by atoms with Crippen LogP contribution in [0.3, 0.4) is 0 Å². The van der Waals surface area contributed by atoms with Crippen molar-refractivity contribution in [1.29, 1.82) is 0 Å². The molecule has 0 aliphatic carbocycles. The highest BCUT2D eigenvalue weighted by Crippen LogP contribution is 2.14. The van der Waals surface area contributed by atoms with Crippen molar-refractivity contribution in [2.24, 2.45) is 0 Å². The molecule has 2 rings (SSSR count). The zero-order chi connectivity index (χ0) is 11.4. The van der Waals surface area contributed by atoms with Crippen molar-refractivity contribution in [2.45, 2.75) is 4.90 Å². The fourth-order valence-corrected chi connectivity index (χ4v) is 1.92. The van der Waals surface area contributed by atoms with Gasteiger partial charge in [0.2, 0.25) is 0 Å². The molecule has 0 aliphatic rings. The lowest BCUT2D eigenvalue weighted by Crippen LogP contribution is -2.10. The molecule has 0 saturated heterocycles. The smallest absolute Gasteiger partial charge is 0.340 e. The topological polar surface area (TPSA) is 82.0 Å². The number of aromatic nitrogens is 3. The summed E-state index contributed by atoms with van der Waals surface area (Å²) in [6, 6.07) is 9.11. The summed E-state index contributed by atoms with van der Waals surface area (Å²) >= 11 is 0. The van der Waals surface area contributed by atoms with Gasteiger partial charge >= 0.3 is 10.1 Å². The van der Waals surface area contributed by atoms with Gasteiger partial charge < -0.3 is 4.18 Å². The van der Waals surface area contributed by atoms with Gasteiger partial charge in [0.25, 0.3) is 5.88 Å². The second kappa shape index (κ2) is 4.23. The molecular formula is C9H7N3O3S. The van der Waals surface area contributed by atoms with Gasteiger partial charge in [-0.3, -0.25) is 0 Å². The van der Waals surface area contributed by atoms with Gasteiger partial charge in [0, 0.05) is 6.07 Å². The van der Waals surface area contributed by atoms with Crippen LogP contribution in [0.25, 0.3) is 0 Å². The Morgan fingerprint density at radius 2 is 1.81 bits per heavy atom. The van der Waals surface area contributed by atoms with Gasteiger partial charge in [-0.2, -0.15) is 8.42 Å². The van der Waals surface area contributed by atoms with E-state index in [9.17, 15) is 8.42 Å². The van der Waals surface area contributed by atoms with Crippen LogP contribution in [0.4, 0.5) is 0 Å². The van der Waals surface area contributed by atoms with Crippen LogP contribution in [-0.2, 0) is 10.1 Å². The maximum atomic E-state index is 11.7. The van der Waals surface area contributed by atoms with Gasteiger partial charge in [-0.05, 0) is 17.3 Å². The van der Waals surface area contributed by atoms with E-state index in [1.165, 1.54) is 24.4 Å². The van der Waals surface area contributed by atoms with Gasteiger partial charge in [0.15, 0.2) is 0 Å². The van der Waals surface area contributed by atoms with E-state index in [1.807, 2.05) is 0 Å². The predicted octanol–water partition coefficient (Wildman–Crippen LogP) is 0.639. The maximum Gasteiger partial charge on any atom is 0.340 e. The molecule has 0 amide bonds. The lowest BCUT2D eigenvalue weighted by atomic mass is 10.4. The van der Waals surface area contributed by atoms with E-state index in [4.69, 9.17) is 4.18 Å². The van der Waals surface area contributed by atoms with Crippen molar-refractivity contribution >= 4 is 10.1 Å². The quantitative estimate of drug-likeness (QED) is 0.728. The molecule has 0 spiro atoms. The molecule has 2 aromatic rings. The highest BCUT2D eigenvalue weighted by Gasteiger charge is 2.16. The normalized spacial score (nSPS) is 11.0. The zero-order valence-corrected chi connectivity index (χ0v) is 8.83. The Morgan fingerprint density at radius 1 is 1.06 bits per heavy atom. The van der Waals surface area contributed by atoms with Crippen LogP contribution in [0.5, 0.6) is 5.88 Å². The third-order valence-electron chi connectivity index (χ3n) is 1.71. The van der Waals surface area contributed by atoms with Crippen molar-refractivity contribution in [3.8, 4) is 5.88 Å². The minimum absolute atomic E-state index is 0.0635. The van der Waals surface area contributed by atoms with Crippen molar-refractivity contribution in [1.82, 2.24) is 15.4 Å². The molecular weight excluding hydrogens is 230 g/mol. The number of benzene rings is 1. The summed E-state index contributed by atoms with van der Waals surface area (Å²) in [6.07, 6.45) is 1.29. The summed E-state index contributed by atoms with van der Waals surface area (Å²) < 4.78 is 28.1. The summed E-state index contributed by atoms with van der Waals surface area (Å²) in [5.74, 6) is -0.112. The predicted molar refractivity (Wildman–Crippen MR) is 54.1 cm³/mol. The molecule has 0 atom stereocenters. The SMILES string of the molecule is O=S(=O)(Oc1ccnnn1)c1ccccc1. The monoisotopic (exact) mass is 237 g/mol. The van der Waals surface area contributed by atoms with E-state index in [-0.39, 0.29) is 10.8 Å². The largest absolute Gasteiger partial charge is 0.356 e. The highest BCUT2D eigenvalue weighted by molar-refractivity contribution is 7.87. The van der Waals surface area contributed by atoms with E-state index < -0.39 is 10.1 Å². The Kier molecular flexibility index (Phi) is 2.78. The molecule has 1 heterocycles. The molecule has 1 aromatic heterocycles. The zero-order valence-electron chi connectivity index (χ0n) is 8.02. The van der Waals surface area contributed by atoms with Gasteiger partial charge in [0.05, 0.1) is 6.20 Å². The second-order valence-corrected chi connectivity index (χ2v) is 4.36. The number of rotatable bonds is 3. The Morgan fingerprint density at radius 3 is 2.44 bits per heavy atom. The van der Waals surface area contributed by atoms with E-state index in [0.29, 0.717) is 0 Å². The van der Waals surface area contributed by atoms with Crippen LogP contribution in [-0.4, -0.2) is 23.8 Å². The Bertz CT molecular complexity index is 557. The first-order valence-electron chi connectivity index (χ1n) is 4.32. The molecule has 0 fully saturated rings. The number of hydrogen-bond acceptors (Lipinski definition) is 6. The van der Waals surface area contributed by atoms with E-state index in [0.717, 1.165) is 0 Å². The lowest BCUT2D eigenvalue weighted by Gasteiger charge is -2.03. The van der Waals surface area contributed by atoms with Crippen molar-refractivity contribution in [2.75, 3.05) is 0 Å². The summed E-state index contributed by atoms with van der Waals surface area (Å²) in [4.78, 5) is 0.0635. The van der Waals surface area contributed by atoms with Gasteiger partial charge in [-0.15, -0.1) is 5.10 Å². The van der Waals surface area contributed by atoms with Gasteiger partial charge in [0.1, 0.15) is 4.90 Å². The van der Waals surface area contributed by atoms with Crippen LogP contribution < -0.4 is 4.18 Å². The molecule has 0 unspecified atom stereocenters. The summed E-state index contributed by atoms with van der Waals surface area (Å²) in [6.45, 7) is 0. The van der Waals surface area contributed by atoms with Gasteiger partial charge in [-0.25, -0.2) is 0 Å². The Hall–Kier alpha value is -2.02. The minimum atomic E-state index is -3.84. The average Bonchev–Trinajstić information content (AvgIpc) is 2.31. The molecule has 0 N–H and O–H groups in total. The average molecular weight is 237 g/mol. The summed E-state index contributed by atoms with van der Waals surface area (Å²) in [7, 11) is -3.84. The third-order valence-corrected chi connectivity index (χ3v) is 2.95.